The van der Waals surface area contributed by atoms with E-state index in [9.17, 15) is 9.18 Å². The molecule has 0 saturated carbocycles. The van der Waals surface area contributed by atoms with Gasteiger partial charge in [-0.2, -0.15) is 0 Å². The Kier molecular flexibility index (Phi) is 7.77. The van der Waals surface area contributed by atoms with E-state index >= 15 is 0 Å². The number of methoxy groups -OCH3 is 1. The highest BCUT2D eigenvalue weighted by Gasteiger charge is 2.13. The standard InChI is InChI=1S/C28H28FN3O3/c1-3-7-20-10-15-25(26(18-20)34-2)35-17-6-16-32-24-9-5-4-8-23(24)31-27(32)19-30-28(33)21-11-13-22(29)14-12-21/h3-5,7-15,18H,6,16-17,19H2,1-2H3,(H,30,33)/b7-3+. The third-order valence-corrected chi connectivity index (χ3v) is 5.58. The lowest BCUT2D eigenvalue weighted by molar-refractivity contribution is 0.0949. The number of hydrogen-bond acceptors (Lipinski definition) is 4. The van der Waals surface area contributed by atoms with Crippen molar-refractivity contribution in [3.63, 3.8) is 0 Å². The number of carbonyl (C=O) groups is 1. The summed E-state index contributed by atoms with van der Waals surface area (Å²) in [4.78, 5) is 17.2. The lowest BCUT2D eigenvalue weighted by Gasteiger charge is -2.13. The van der Waals surface area contributed by atoms with Crippen LogP contribution < -0.4 is 14.8 Å². The van der Waals surface area contributed by atoms with Crippen LogP contribution in [0.4, 0.5) is 4.39 Å². The number of carbonyl (C=O) groups excluding carboxylic acids is 1. The zero-order chi connectivity index (χ0) is 24.6. The fourth-order valence-corrected chi connectivity index (χ4v) is 3.88. The summed E-state index contributed by atoms with van der Waals surface area (Å²) in [6, 6.07) is 19.2. The average molecular weight is 474 g/mol. The molecule has 0 aliphatic heterocycles. The molecule has 0 unspecified atom stereocenters. The lowest BCUT2D eigenvalue weighted by atomic mass is 10.2. The lowest BCUT2D eigenvalue weighted by Crippen LogP contribution is -2.25. The van der Waals surface area contributed by atoms with E-state index in [4.69, 9.17) is 14.5 Å². The molecule has 4 aromatic rings. The molecule has 3 aromatic carbocycles. The Morgan fingerprint density at radius 2 is 1.89 bits per heavy atom. The molecule has 180 valence electrons. The second-order valence-corrected chi connectivity index (χ2v) is 7.97. The minimum Gasteiger partial charge on any atom is -0.493 e. The Hall–Kier alpha value is -4.13. The van der Waals surface area contributed by atoms with Gasteiger partial charge in [0, 0.05) is 12.1 Å². The van der Waals surface area contributed by atoms with E-state index in [1.54, 1.807) is 7.11 Å². The molecule has 1 heterocycles. The maximum absolute atomic E-state index is 13.2. The smallest absolute Gasteiger partial charge is 0.251 e. The minimum atomic E-state index is -0.378. The van der Waals surface area contributed by atoms with E-state index < -0.39 is 0 Å². The van der Waals surface area contributed by atoms with Gasteiger partial charge in [-0.15, -0.1) is 0 Å². The van der Waals surface area contributed by atoms with Gasteiger partial charge in [-0.1, -0.05) is 30.4 Å². The molecule has 6 nitrogen and oxygen atoms in total. The number of para-hydroxylation sites is 2. The monoisotopic (exact) mass is 473 g/mol. The Morgan fingerprint density at radius 3 is 2.66 bits per heavy atom. The third-order valence-electron chi connectivity index (χ3n) is 5.58. The fraction of sp³-hybridized carbons (Fsp3) is 0.214. The zero-order valence-electron chi connectivity index (χ0n) is 19.8. The van der Waals surface area contributed by atoms with Gasteiger partial charge < -0.3 is 19.4 Å². The van der Waals surface area contributed by atoms with Crippen LogP contribution in [0.15, 0.2) is 72.8 Å². The molecule has 1 amide bonds. The number of allylic oxidation sites excluding steroid dienone is 1. The van der Waals surface area contributed by atoms with Gasteiger partial charge in [0.25, 0.3) is 5.91 Å². The van der Waals surface area contributed by atoms with Crippen LogP contribution in [0.25, 0.3) is 17.1 Å². The Labute approximate surface area is 204 Å². The van der Waals surface area contributed by atoms with Crippen molar-refractivity contribution in [1.82, 2.24) is 14.9 Å². The number of hydrogen-bond donors (Lipinski definition) is 1. The maximum Gasteiger partial charge on any atom is 0.251 e. The van der Waals surface area contributed by atoms with Gasteiger partial charge in [-0.05, 0) is 67.4 Å². The van der Waals surface area contributed by atoms with E-state index in [0.717, 1.165) is 28.8 Å². The molecule has 0 aliphatic carbocycles. The first-order valence-electron chi connectivity index (χ1n) is 11.5. The molecule has 35 heavy (non-hydrogen) atoms. The number of aromatic nitrogens is 2. The predicted octanol–water partition coefficient (Wildman–Crippen LogP) is 5.62. The van der Waals surface area contributed by atoms with Crippen molar-refractivity contribution in [2.75, 3.05) is 13.7 Å². The third kappa shape index (κ3) is 5.87. The van der Waals surface area contributed by atoms with Crippen molar-refractivity contribution in [2.24, 2.45) is 0 Å². The summed E-state index contributed by atoms with van der Waals surface area (Å²) in [5.41, 5.74) is 3.30. The summed E-state index contributed by atoms with van der Waals surface area (Å²) in [6.07, 6.45) is 4.72. The highest BCUT2D eigenvalue weighted by atomic mass is 19.1. The number of amides is 1. The summed E-state index contributed by atoms with van der Waals surface area (Å²) in [5.74, 6) is 1.48. The summed E-state index contributed by atoms with van der Waals surface area (Å²) in [5, 5.41) is 2.88. The van der Waals surface area contributed by atoms with Crippen LogP contribution in [0.3, 0.4) is 0 Å². The first kappa shape index (κ1) is 24.0. The van der Waals surface area contributed by atoms with Crippen LogP contribution in [-0.4, -0.2) is 29.2 Å². The molecule has 0 fully saturated rings. The second kappa shape index (κ2) is 11.3. The SMILES string of the molecule is C/C=C/c1ccc(OCCCn2c(CNC(=O)c3ccc(F)cc3)nc3ccccc32)c(OC)c1. The number of nitrogens with zero attached hydrogens (tertiary/aromatic N) is 2. The first-order chi connectivity index (χ1) is 17.1. The van der Waals surface area contributed by atoms with Gasteiger partial charge in [0.15, 0.2) is 11.5 Å². The van der Waals surface area contributed by atoms with Crippen LogP contribution in [0.2, 0.25) is 0 Å². The summed E-state index contributed by atoms with van der Waals surface area (Å²) in [7, 11) is 1.63. The number of nitrogens with one attached hydrogen (secondary N) is 1. The zero-order valence-corrected chi connectivity index (χ0v) is 19.8. The minimum absolute atomic E-state index is 0.256. The van der Waals surface area contributed by atoms with Crippen LogP contribution in [0.1, 0.15) is 35.1 Å². The van der Waals surface area contributed by atoms with Crippen molar-refractivity contribution in [3.8, 4) is 11.5 Å². The number of ether oxygens (including phenoxy) is 2. The van der Waals surface area contributed by atoms with Gasteiger partial charge in [0.2, 0.25) is 0 Å². The van der Waals surface area contributed by atoms with E-state index in [-0.39, 0.29) is 18.3 Å². The molecule has 0 radical (unpaired) electrons. The van der Waals surface area contributed by atoms with Gasteiger partial charge in [0.05, 0.1) is 31.3 Å². The molecule has 1 aromatic heterocycles. The summed E-state index contributed by atoms with van der Waals surface area (Å²) >= 11 is 0. The van der Waals surface area contributed by atoms with E-state index in [2.05, 4.69) is 9.88 Å². The number of fused-ring (bicyclic) bond motifs is 1. The summed E-state index contributed by atoms with van der Waals surface area (Å²) < 4.78 is 26.7. The maximum atomic E-state index is 13.2. The number of aryl methyl sites for hydroxylation is 1. The van der Waals surface area contributed by atoms with Crippen molar-refractivity contribution < 1.29 is 18.7 Å². The van der Waals surface area contributed by atoms with Crippen LogP contribution in [0, 0.1) is 5.82 Å². The van der Waals surface area contributed by atoms with Crippen LogP contribution >= 0.6 is 0 Å². The molecule has 1 N–H and O–H groups in total. The van der Waals surface area contributed by atoms with Gasteiger partial charge >= 0.3 is 0 Å². The second-order valence-electron chi connectivity index (χ2n) is 7.97. The molecule has 0 bridgehead atoms. The molecule has 0 atom stereocenters. The molecule has 0 spiro atoms. The molecular weight excluding hydrogens is 445 g/mol. The number of rotatable bonds is 10. The van der Waals surface area contributed by atoms with E-state index in [1.165, 1.54) is 24.3 Å². The number of halogens is 1. The van der Waals surface area contributed by atoms with Crippen LogP contribution in [0.5, 0.6) is 11.5 Å². The Balaban J connectivity index is 1.42. The van der Waals surface area contributed by atoms with Crippen molar-refractivity contribution in [1.29, 1.82) is 0 Å². The highest BCUT2D eigenvalue weighted by Crippen LogP contribution is 2.29. The number of benzene rings is 3. The quantitative estimate of drug-likeness (QED) is 0.304. The van der Waals surface area contributed by atoms with Crippen molar-refractivity contribution in [3.05, 3.63) is 95.6 Å². The van der Waals surface area contributed by atoms with Gasteiger partial charge in [-0.3, -0.25) is 4.79 Å². The fourth-order valence-electron chi connectivity index (χ4n) is 3.88. The van der Waals surface area contributed by atoms with Gasteiger partial charge in [0.1, 0.15) is 11.6 Å². The first-order valence-corrected chi connectivity index (χ1v) is 11.5. The van der Waals surface area contributed by atoms with Crippen LogP contribution in [-0.2, 0) is 13.1 Å². The predicted molar refractivity (Wildman–Crippen MR) is 135 cm³/mol. The Morgan fingerprint density at radius 1 is 1.09 bits per heavy atom. The van der Waals surface area contributed by atoms with E-state index in [0.29, 0.717) is 30.2 Å². The molecular formula is C28H28FN3O3. The largest absolute Gasteiger partial charge is 0.493 e. The van der Waals surface area contributed by atoms with Crippen molar-refractivity contribution in [2.45, 2.75) is 26.4 Å². The Bertz CT molecular complexity index is 1330. The molecule has 7 heteroatoms. The average Bonchev–Trinajstić information content (AvgIpc) is 3.23. The number of imidazole rings is 1. The normalized spacial score (nSPS) is 11.2. The molecule has 4 rings (SSSR count). The topological polar surface area (TPSA) is 65.4 Å². The van der Waals surface area contributed by atoms with Crippen molar-refractivity contribution >= 4 is 23.0 Å². The highest BCUT2D eigenvalue weighted by molar-refractivity contribution is 5.94. The van der Waals surface area contributed by atoms with Gasteiger partial charge in [-0.25, -0.2) is 9.37 Å². The van der Waals surface area contributed by atoms with E-state index in [1.807, 2.05) is 61.5 Å². The summed E-state index contributed by atoms with van der Waals surface area (Å²) in [6.45, 7) is 3.39. The molecule has 0 aliphatic rings. The molecule has 0 saturated heterocycles.